The number of nitrogens with zero attached hydrogens (tertiary/aromatic N) is 2. The fraction of sp³-hybridized carbons (Fsp3) is 0.0714. The summed E-state index contributed by atoms with van der Waals surface area (Å²) in [5, 5.41) is 8.86. The molecule has 0 spiro atoms. The number of anilines is 1. The van der Waals surface area contributed by atoms with E-state index in [2.05, 4.69) is 4.98 Å². The lowest BCUT2D eigenvalue weighted by Crippen LogP contribution is -2.06. The number of aromatic nitrogens is 1. The van der Waals surface area contributed by atoms with E-state index in [1.54, 1.807) is 36.4 Å². The lowest BCUT2D eigenvalue weighted by molar-refractivity contribution is 0.0472. The number of esters is 1. The first-order chi connectivity index (χ1) is 9.20. The number of nitrogen functional groups attached to an aromatic ring is 1. The molecule has 0 aliphatic carbocycles. The van der Waals surface area contributed by atoms with Crippen LogP contribution in [-0.2, 0) is 11.3 Å². The monoisotopic (exact) mass is 253 g/mol. The third-order valence-corrected chi connectivity index (χ3v) is 2.50. The highest BCUT2D eigenvalue weighted by Crippen LogP contribution is 2.10. The molecule has 0 saturated heterocycles. The van der Waals surface area contributed by atoms with Gasteiger partial charge in [-0.25, -0.2) is 9.78 Å². The molecule has 0 aliphatic heterocycles. The van der Waals surface area contributed by atoms with E-state index in [4.69, 9.17) is 15.7 Å². The molecule has 0 saturated carbocycles. The van der Waals surface area contributed by atoms with Crippen LogP contribution < -0.4 is 5.73 Å². The molecule has 1 aromatic heterocycles. The maximum atomic E-state index is 11.8. The van der Waals surface area contributed by atoms with E-state index in [1.807, 2.05) is 6.07 Å². The minimum absolute atomic E-state index is 0.0138. The molecule has 0 bridgehead atoms. The molecule has 5 nitrogen and oxygen atoms in total. The van der Waals surface area contributed by atoms with Gasteiger partial charge in [0.05, 0.1) is 5.56 Å². The van der Waals surface area contributed by atoms with Crippen molar-refractivity contribution in [2.45, 2.75) is 6.61 Å². The van der Waals surface area contributed by atoms with E-state index >= 15 is 0 Å². The Hall–Kier alpha value is -2.87. The van der Waals surface area contributed by atoms with Gasteiger partial charge in [0.1, 0.15) is 18.4 Å². The third kappa shape index (κ3) is 3.07. The zero-order chi connectivity index (χ0) is 13.7. The van der Waals surface area contributed by atoms with Crippen molar-refractivity contribution < 1.29 is 9.53 Å². The number of nitrogens with two attached hydrogens (primary N) is 1. The normalized spacial score (nSPS) is 9.63. The van der Waals surface area contributed by atoms with Gasteiger partial charge in [0.2, 0.25) is 0 Å². The van der Waals surface area contributed by atoms with E-state index in [0.29, 0.717) is 16.8 Å². The summed E-state index contributed by atoms with van der Waals surface area (Å²) in [6, 6.07) is 11.8. The Morgan fingerprint density at radius 2 is 2.05 bits per heavy atom. The lowest BCUT2D eigenvalue weighted by atomic mass is 10.2. The molecule has 2 rings (SSSR count). The van der Waals surface area contributed by atoms with Crippen LogP contribution >= 0.6 is 0 Å². The number of benzene rings is 1. The molecule has 2 N–H and O–H groups in total. The van der Waals surface area contributed by atoms with E-state index < -0.39 is 5.97 Å². The van der Waals surface area contributed by atoms with E-state index in [-0.39, 0.29) is 12.3 Å². The van der Waals surface area contributed by atoms with Gasteiger partial charge < -0.3 is 10.5 Å². The van der Waals surface area contributed by atoms with Gasteiger partial charge in [0, 0.05) is 17.4 Å². The summed E-state index contributed by atoms with van der Waals surface area (Å²) in [4.78, 5) is 15.7. The number of nitriles is 1. The highest BCUT2D eigenvalue weighted by molar-refractivity contribution is 5.89. The van der Waals surface area contributed by atoms with Gasteiger partial charge in [0.15, 0.2) is 0 Å². The number of rotatable bonds is 3. The maximum absolute atomic E-state index is 11.8. The first-order valence-corrected chi connectivity index (χ1v) is 5.57. The Morgan fingerprint density at radius 3 is 2.74 bits per heavy atom. The number of ether oxygens (including phenoxy) is 1. The summed E-state index contributed by atoms with van der Waals surface area (Å²) >= 11 is 0. The van der Waals surface area contributed by atoms with Gasteiger partial charge in [-0.3, -0.25) is 0 Å². The first kappa shape index (κ1) is 12.6. The Morgan fingerprint density at radius 1 is 1.32 bits per heavy atom. The van der Waals surface area contributed by atoms with Crippen molar-refractivity contribution in [3.63, 3.8) is 0 Å². The number of carbonyl (C=O) groups is 1. The lowest BCUT2D eigenvalue weighted by Gasteiger charge is -2.06. The zero-order valence-electron chi connectivity index (χ0n) is 10.0. The molecular weight excluding hydrogens is 242 g/mol. The van der Waals surface area contributed by atoms with Crippen molar-refractivity contribution >= 4 is 11.7 Å². The molecule has 0 fully saturated rings. The minimum atomic E-state index is -0.465. The average Bonchev–Trinajstić information content (AvgIpc) is 2.45. The summed E-state index contributed by atoms with van der Waals surface area (Å²) in [5.74, 6) is -0.465. The molecule has 0 unspecified atom stereocenters. The molecular formula is C14H11N3O2. The first-order valence-electron chi connectivity index (χ1n) is 5.57. The van der Waals surface area contributed by atoms with E-state index in [9.17, 15) is 4.79 Å². The van der Waals surface area contributed by atoms with Crippen molar-refractivity contribution in [1.82, 2.24) is 4.98 Å². The topological polar surface area (TPSA) is 89.0 Å². The van der Waals surface area contributed by atoms with Gasteiger partial charge >= 0.3 is 5.97 Å². The second kappa shape index (κ2) is 5.65. The van der Waals surface area contributed by atoms with E-state index in [1.165, 1.54) is 6.20 Å². The number of hydrogen-bond acceptors (Lipinski definition) is 5. The number of carbonyl (C=O) groups excluding carboxylic acids is 1. The summed E-state index contributed by atoms with van der Waals surface area (Å²) in [6.45, 7) is 0.0138. The fourth-order valence-electron chi connectivity index (χ4n) is 1.50. The van der Waals surface area contributed by atoms with Crippen LogP contribution in [0.3, 0.4) is 0 Å². The Bertz CT molecular complexity index is 630. The van der Waals surface area contributed by atoms with Crippen molar-refractivity contribution in [2.75, 3.05) is 5.73 Å². The standard InChI is InChI=1S/C14H11N3O2/c15-8-13-11(2-1-7-17-13)9-19-14(18)10-3-5-12(16)6-4-10/h1-7H,9,16H2. The highest BCUT2D eigenvalue weighted by Gasteiger charge is 2.09. The minimum Gasteiger partial charge on any atom is -0.457 e. The molecule has 94 valence electrons. The summed E-state index contributed by atoms with van der Waals surface area (Å²) in [6.07, 6.45) is 1.52. The smallest absolute Gasteiger partial charge is 0.338 e. The third-order valence-electron chi connectivity index (χ3n) is 2.50. The van der Waals surface area contributed by atoms with Crippen LogP contribution in [0.15, 0.2) is 42.6 Å². The van der Waals surface area contributed by atoms with Gasteiger partial charge in [-0.15, -0.1) is 0 Å². The van der Waals surface area contributed by atoms with Crippen LogP contribution in [0, 0.1) is 11.3 Å². The average molecular weight is 253 g/mol. The second-order valence-corrected chi connectivity index (χ2v) is 3.82. The quantitative estimate of drug-likeness (QED) is 0.666. The Kier molecular flexibility index (Phi) is 3.74. The summed E-state index contributed by atoms with van der Waals surface area (Å²) in [7, 11) is 0. The van der Waals surface area contributed by atoms with Crippen molar-refractivity contribution in [3.8, 4) is 6.07 Å². The predicted molar refractivity (Wildman–Crippen MR) is 68.9 cm³/mol. The number of hydrogen-bond donors (Lipinski definition) is 1. The van der Waals surface area contributed by atoms with Crippen molar-refractivity contribution in [1.29, 1.82) is 5.26 Å². The Balaban J connectivity index is 2.05. The van der Waals surface area contributed by atoms with E-state index in [0.717, 1.165) is 0 Å². The molecule has 0 amide bonds. The molecule has 19 heavy (non-hydrogen) atoms. The zero-order valence-corrected chi connectivity index (χ0v) is 10.0. The number of pyridine rings is 1. The molecule has 5 heteroatoms. The van der Waals surface area contributed by atoms with Gasteiger partial charge in [-0.05, 0) is 30.3 Å². The van der Waals surface area contributed by atoms with Crippen LogP contribution in [0.2, 0.25) is 0 Å². The van der Waals surface area contributed by atoms with Crippen molar-refractivity contribution in [3.05, 3.63) is 59.4 Å². The van der Waals surface area contributed by atoms with Crippen LogP contribution in [0.5, 0.6) is 0 Å². The second-order valence-electron chi connectivity index (χ2n) is 3.82. The van der Waals surface area contributed by atoms with Crippen LogP contribution in [0.4, 0.5) is 5.69 Å². The van der Waals surface area contributed by atoms with Crippen LogP contribution in [0.25, 0.3) is 0 Å². The molecule has 2 aromatic rings. The molecule has 1 heterocycles. The molecule has 1 aromatic carbocycles. The molecule has 0 aliphatic rings. The molecule has 0 atom stereocenters. The maximum Gasteiger partial charge on any atom is 0.338 e. The van der Waals surface area contributed by atoms with Crippen LogP contribution in [0.1, 0.15) is 21.6 Å². The largest absolute Gasteiger partial charge is 0.457 e. The Labute approximate surface area is 110 Å². The predicted octanol–water partition coefficient (Wildman–Crippen LogP) is 1.89. The summed E-state index contributed by atoms with van der Waals surface area (Å²) in [5.41, 5.74) is 7.36. The highest BCUT2D eigenvalue weighted by atomic mass is 16.5. The summed E-state index contributed by atoms with van der Waals surface area (Å²) < 4.78 is 5.13. The van der Waals surface area contributed by atoms with Gasteiger partial charge in [-0.2, -0.15) is 5.26 Å². The fourth-order valence-corrected chi connectivity index (χ4v) is 1.50. The van der Waals surface area contributed by atoms with Crippen LogP contribution in [-0.4, -0.2) is 11.0 Å². The SMILES string of the molecule is N#Cc1ncccc1COC(=O)c1ccc(N)cc1. The molecule has 0 radical (unpaired) electrons. The van der Waals surface area contributed by atoms with Crippen molar-refractivity contribution in [2.24, 2.45) is 0 Å². The van der Waals surface area contributed by atoms with Gasteiger partial charge in [-0.1, -0.05) is 6.07 Å². The van der Waals surface area contributed by atoms with Gasteiger partial charge in [0.25, 0.3) is 0 Å².